The van der Waals surface area contributed by atoms with E-state index in [0.717, 1.165) is 24.5 Å². The lowest BCUT2D eigenvalue weighted by Crippen LogP contribution is -2.41. The van der Waals surface area contributed by atoms with Crippen molar-refractivity contribution in [3.63, 3.8) is 0 Å². The van der Waals surface area contributed by atoms with Crippen molar-refractivity contribution in [2.45, 2.75) is 77.2 Å². The Morgan fingerprint density at radius 1 is 0.771 bits per heavy atom. The molecule has 1 heterocycles. The smallest absolute Gasteiger partial charge is 0.403 e. The number of rotatable bonds is 9. The van der Waals surface area contributed by atoms with Gasteiger partial charge in [0.15, 0.2) is 0 Å². The Morgan fingerprint density at radius 3 is 1.74 bits per heavy atom. The average Bonchev–Trinajstić information content (AvgIpc) is 3.04. The Balaban J connectivity index is 1.78. The van der Waals surface area contributed by atoms with Crippen LogP contribution >= 0.6 is 11.6 Å². The van der Waals surface area contributed by atoms with Crippen LogP contribution in [-0.2, 0) is 22.4 Å². The molecular formula is C30H37BClNO2. The van der Waals surface area contributed by atoms with Crippen LogP contribution in [0.1, 0.15) is 63.8 Å². The van der Waals surface area contributed by atoms with Crippen LogP contribution in [0.3, 0.4) is 0 Å². The van der Waals surface area contributed by atoms with Gasteiger partial charge < -0.3 is 9.31 Å². The molecule has 35 heavy (non-hydrogen) atoms. The summed E-state index contributed by atoms with van der Waals surface area (Å²) in [5.74, 6) is 0.113. The van der Waals surface area contributed by atoms with Crippen molar-refractivity contribution in [2.75, 3.05) is 0 Å². The van der Waals surface area contributed by atoms with E-state index in [9.17, 15) is 0 Å². The summed E-state index contributed by atoms with van der Waals surface area (Å²) in [6.45, 7) is 12.3. The van der Waals surface area contributed by atoms with Gasteiger partial charge in [-0.3, -0.25) is 4.90 Å². The quantitative estimate of drug-likeness (QED) is 0.285. The van der Waals surface area contributed by atoms with Gasteiger partial charge in [-0.1, -0.05) is 97.7 Å². The maximum atomic E-state index is 6.62. The predicted octanol–water partition coefficient (Wildman–Crippen LogP) is 7.96. The molecule has 0 saturated carbocycles. The maximum Gasteiger partial charge on any atom is 0.463 e. The van der Waals surface area contributed by atoms with Crippen LogP contribution < -0.4 is 0 Å². The highest BCUT2D eigenvalue weighted by molar-refractivity contribution is 6.47. The van der Waals surface area contributed by atoms with Crippen LogP contribution in [0.5, 0.6) is 0 Å². The molecule has 0 spiro atoms. The zero-order valence-electron chi connectivity index (χ0n) is 21.6. The molecule has 1 aliphatic rings. The molecule has 2 atom stereocenters. The molecule has 0 amide bonds. The van der Waals surface area contributed by atoms with Crippen LogP contribution in [0.4, 0.5) is 0 Å². The Bertz CT molecular complexity index is 1030. The van der Waals surface area contributed by atoms with Gasteiger partial charge in [-0.25, -0.2) is 0 Å². The van der Waals surface area contributed by atoms with Crippen molar-refractivity contribution in [3.05, 3.63) is 107 Å². The Morgan fingerprint density at radius 2 is 1.29 bits per heavy atom. The lowest BCUT2D eigenvalue weighted by molar-refractivity contribution is 0.00578. The van der Waals surface area contributed by atoms with E-state index in [1.807, 2.05) is 12.1 Å². The highest BCUT2D eigenvalue weighted by Crippen LogP contribution is 2.47. The maximum absolute atomic E-state index is 6.62. The molecule has 0 aliphatic carbocycles. The second-order valence-corrected chi connectivity index (χ2v) is 11.0. The van der Waals surface area contributed by atoms with Crippen molar-refractivity contribution in [2.24, 2.45) is 0 Å². The van der Waals surface area contributed by atoms with Gasteiger partial charge in [-0.05, 0) is 56.5 Å². The van der Waals surface area contributed by atoms with E-state index in [-0.39, 0.29) is 30.2 Å². The fourth-order valence-electron chi connectivity index (χ4n) is 4.94. The largest absolute Gasteiger partial charge is 0.463 e. The van der Waals surface area contributed by atoms with Crippen molar-refractivity contribution in [1.29, 1.82) is 0 Å². The number of halogens is 1. The molecule has 184 valence electrons. The SMILES string of the molecule is CC[C@@H](B1OC(C)(C)C(C)(C)O1)[C@@H](c1cccc(Cl)c1)N(Cc1ccccc1)Cc1ccccc1. The second-order valence-electron chi connectivity index (χ2n) is 10.6. The summed E-state index contributed by atoms with van der Waals surface area (Å²) in [4.78, 5) is 2.55. The number of benzene rings is 3. The molecule has 0 unspecified atom stereocenters. The Hall–Kier alpha value is -2.11. The summed E-state index contributed by atoms with van der Waals surface area (Å²) in [6.07, 6.45) is 0.911. The van der Waals surface area contributed by atoms with Crippen molar-refractivity contribution >= 4 is 18.7 Å². The molecule has 0 bridgehead atoms. The van der Waals surface area contributed by atoms with Crippen molar-refractivity contribution < 1.29 is 9.31 Å². The summed E-state index contributed by atoms with van der Waals surface area (Å²) < 4.78 is 13.2. The predicted molar refractivity (Wildman–Crippen MR) is 146 cm³/mol. The minimum atomic E-state index is -0.381. The third kappa shape index (κ3) is 6.01. The fraction of sp³-hybridized carbons (Fsp3) is 0.400. The molecule has 0 aromatic heterocycles. The van der Waals surface area contributed by atoms with Crippen LogP contribution in [0.25, 0.3) is 0 Å². The van der Waals surface area contributed by atoms with Crippen LogP contribution in [0, 0.1) is 0 Å². The first-order valence-electron chi connectivity index (χ1n) is 12.6. The molecule has 5 heteroatoms. The highest BCUT2D eigenvalue weighted by Gasteiger charge is 2.55. The topological polar surface area (TPSA) is 21.7 Å². The van der Waals surface area contributed by atoms with Gasteiger partial charge in [0.25, 0.3) is 0 Å². The normalized spacial score (nSPS) is 18.5. The average molecular weight is 490 g/mol. The number of hydrogen-bond acceptors (Lipinski definition) is 3. The monoisotopic (exact) mass is 489 g/mol. The van der Waals surface area contributed by atoms with Gasteiger partial charge in [0.05, 0.1) is 11.2 Å². The van der Waals surface area contributed by atoms with Crippen LogP contribution in [0.2, 0.25) is 10.8 Å². The van der Waals surface area contributed by atoms with Gasteiger partial charge in [0, 0.05) is 30.0 Å². The van der Waals surface area contributed by atoms with Gasteiger partial charge in [-0.15, -0.1) is 0 Å². The Labute approximate surface area is 216 Å². The van der Waals surface area contributed by atoms with Gasteiger partial charge in [0.2, 0.25) is 0 Å². The summed E-state index contributed by atoms with van der Waals surface area (Å²) >= 11 is 6.53. The molecule has 0 radical (unpaired) electrons. The van der Waals surface area contributed by atoms with Gasteiger partial charge in [0.1, 0.15) is 0 Å². The van der Waals surface area contributed by atoms with E-state index >= 15 is 0 Å². The van der Waals surface area contributed by atoms with Crippen LogP contribution in [0.15, 0.2) is 84.9 Å². The summed E-state index contributed by atoms with van der Waals surface area (Å²) in [6, 6.07) is 29.7. The molecule has 3 aromatic carbocycles. The third-order valence-corrected chi connectivity index (χ3v) is 7.77. The molecule has 3 aromatic rings. The fourth-order valence-corrected chi connectivity index (χ4v) is 5.13. The molecule has 0 N–H and O–H groups in total. The highest BCUT2D eigenvalue weighted by atomic mass is 35.5. The van der Waals surface area contributed by atoms with E-state index in [4.69, 9.17) is 20.9 Å². The van der Waals surface area contributed by atoms with Gasteiger partial charge in [-0.2, -0.15) is 0 Å². The van der Waals surface area contributed by atoms with Crippen molar-refractivity contribution in [1.82, 2.24) is 4.90 Å². The Kier molecular flexibility index (Phi) is 8.07. The van der Waals surface area contributed by atoms with Gasteiger partial charge >= 0.3 is 7.12 Å². The molecule has 1 aliphatic heterocycles. The van der Waals surface area contributed by atoms with E-state index in [0.29, 0.717) is 0 Å². The molecule has 3 nitrogen and oxygen atoms in total. The first-order valence-corrected chi connectivity index (χ1v) is 13.0. The minimum absolute atomic E-state index is 0.0498. The van der Waals surface area contributed by atoms with E-state index in [1.165, 1.54) is 16.7 Å². The minimum Gasteiger partial charge on any atom is -0.403 e. The summed E-state index contributed by atoms with van der Waals surface area (Å²) in [7, 11) is -0.317. The summed E-state index contributed by atoms with van der Waals surface area (Å²) in [5, 5.41) is 0.746. The molecule has 1 saturated heterocycles. The van der Waals surface area contributed by atoms with E-state index in [1.54, 1.807) is 0 Å². The number of hydrogen-bond donors (Lipinski definition) is 0. The molecule has 1 fully saturated rings. The zero-order valence-corrected chi connectivity index (χ0v) is 22.3. The second kappa shape index (κ2) is 10.9. The first-order chi connectivity index (χ1) is 16.7. The standard InChI is InChI=1S/C30H37BClNO2/c1-6-27(31-34-29(2,3)30(4,5)35-31)28(25-18-13-19-26(32)20-25)33(21-23-14-9-7-10-15-23)22-24-16-11-8-12-17-24/h7-20,27-28H,6,21-22H2,1-5H3/t27-,28-/m1/s1. The lowest BCUT2D eigenvalue weighted by Gasteiger charge is -2.38. The first kappa shape index (κ1) is 26.0. The van der Waals surface area contributed by atoms with E-state index in [2.05, 4.69) is 112 Å². The third-order valence-electron chi connectivity index (χ3n) is 7.54. The van der Waals surface area contributed by atoms with Crippen LogP contribution in [-0.4, -0.2) is 23.2 Å². The molecule has 4 rings (SSSR count). The number of nitrogens with zero attached hydrogens (tertiary/aromatic N) is 1. The van der Waals surface area contributed by atoms with E-state index < -0.39 is 0 Å². The molecular weight excluding hydrogens is 453 g/mol. The summed E-state index contributed by atoms with van der Waals surface area (Å²) in [5.41, 5.74) is 2.98. The lowest BCUT2D eigenvalue weighted by atomic mass is 9.64. The zero-order chi connectivity index (χ0) is 25.1. The van der Waals surface area contributed by atoms with Crippen molar-refractivity contribution in [3.8, 4) is 0 Å².